The van der Waals surface area contributed by atoms with Crippen molar-refractivity contribution in [3.63, 3.8) is 0 Å². The van der Waals surface area contributed by atoms with Crippen LogP contribution in [0.5, 0.6) is 0 Å². The van der Waals surface area contributed by atoms with Crippen molar-refractivity contribution in [3.8, 4) is 0 Å². The summed E-state index contributed by atoms with van der Waals surface area (Å²) < 4.78 is 5.40. The van der Waals surface area contributed by atoms with E-state index in [0.29, 0.717) is 0 Å². The normalized spacial score (nSPS) is 12.6. The molecule has 1 N–H and O–H groups in total. The van der Waals surface area contributed by atoms with E-state index in [-0.39, 0.29) is 6.04 Å². The standard InChI is InChI=1S/C15H20N2O/c1-3-7-17-15(13-9-12(2)18-11-13)10-14-6-4-5-8-16-14/h4-6,8-9,11,15,17H,3,7,10H2,1-2H3. The first kappa shape index (κ1) is 12.8. The lowest BCUT2D eigenvalue weighted by Gasteiger charge is -2.16. The van der Waals surface area contributed by atoms with Gasteiger partial charge in [0.05, 0.1) is 6.26 Å². The van der Waals surface area contributed by atoms with Crippen LogP contribution < -0.4 is 5.32 Å². The van der Waals surface area contributed by atoms with E-state index in [1.54, 1.807) is 0 Å². The molecule has 2 aromatic rings. The Morgan fingerprint density at radius 2 is 2.28 bits per heavy atom. The molecule has 0 saturated heterocycles. The van der Waals surface area contributed by atoms with Gasteiger partial charge in [0.1, 0.15) is 5.76 Å². The van der Waals surface area contributed by atoms with Crippen LogP contribution in [0.25, 0.3) is 0 Å². The molecule has 0 spiro atoms. The molecule has 0 aliphatic rings. The number of furan rings is 1. The summed E-state index contributed by atoms with van der Waals surface area (Å²) in [6.07, 6.45) is 5.69. The van der Waals surface area contributed by atoms with Crippen LogP contribution in [0.3, 0.4) is 0 Å². The zero-order valence-corrected chi connectivity index (χ0v) is 11.0. The Morgan fingerprint density at radius 3 is 2.89 bits per heavy atom. The molecule has 18 heavy (non-hydrogen) atoms. The molecule has 0 radical (unpaired) electrons. The van der Waals surface area contributed by atoms with Gasteiger partial charge in [-0.25, -0.2) is 0 Å². The van der Waals surface area contributed by atoms with Gasteiger partial charge in [0.2, 0.25) is 0 Å². The summed E-state index contributed by atoms with van der Waals surface area (Å²) in [4.78, 5) is 4.39. The Labute approximate surface area is 108 Å². The molecule has 2 rings (SSSR count). The smallest absolute Gasteiger partial charge is 0.101 e. The summed E-state index contributed by atoms with van der Waals surface area (Å²) in [5.74, 6) is 0.953. The maximum atomic E-state index is 5.40. The van der Waals surface area contributed by atoms with Gasteiger partial charge in [-0.05, 0) is 38.1 Å². The molecule has 3 nitrogen and oxygen atoms in total. The topological polar surface area (TPSA) is 38.1 Å². The monoisotopic (exact) mass is 244 g/mol. The fraction of sp³-hybridized carbons (Fsp3) is 0.400. The van der Waals surface area contributed by atoms with Crippen molar-refractivity contribution in [2.45, 2.75) is 32.7 Å². The number of aryl methyl sites for hydroxylation is 1. The average molecular weight is 244 g/mol. The highest BCUT2D eigenvalue weighted by atomic mass is 16.3. The maximum absolute atomic E-state index is 5.40. The number of pyridine rings is 1. The fourth-order valence-electron chi connectivity index (χ4n) is 2.00. The van der Waals surface area contributed by atoms with Gasteiger partial charge in [-0.1, -0.05) is 13.0 Å². The van der Waals surface area contributed by atoms with Crippen LogP contribution in [-0.4, -0.2) is 11.5 Å². The number of hydrogen-bond acceptors (Lipinski definition) is 3. The molecule has 3 heteroatoms. The van der Waals surface area contributed by atoms with Crippen molar-refractivity contribution in [2.24, 2.45) is 0 Å². The van der Waals surface area contributed by atoms with Crippen LogP contribution in [-0.2, 0) is 6.42 Å². The highest BCUT2D eigenvalue weighted by Gasteiger charge is 2.14. The molecule has 0 bridgehead atoms. The van der Waals surface area contributed by atoms with Crippen molar-refractivity contribution >= 4 is 0 Å². The SMILES string of the molecule is CCCNC(Cc1ccccn1)c1coc(C)c1. The van der Waals surface area contributed by atoms with E-state index in [1.807, 2.05) is 31.5 Å². The van der Waals surface area contributed by atoms with Gasteiger partial charge in [-0.15, -0.1) is 0 Å². The van der Waals surface area contributed by atoms with Crippen molar-refractivity contribution < 1.29 is 4.42 Å². The zero-order valence-electron chi connectivity index (χ0n) is 11.0. The summed E-state index contributed by atoms with van der Waals surface area (Å²) in [6.45, 7) is 5.15. The van der Waals surface area contributed by atoms with Crippen LogP contribution in [0.15, 0.2) is 41.1 Å². The van der Waals surface area contributed by atoms with E-state index in [0.717, 1.165) is 30.8 Å². The summed E-state index contributed by atoms with van der Waals surface area (Å²) in [5, 5.41) is 3.55. The fourth-order valence-corrected chi connectivity index (χ4v) is 2.00. The minimum atomic E-state index is 0.275. The zero-order chi connectivity index (χ0) is 12.8. The lowest BCUT2D eigenvalue weighted by Crippen LogP contribution is -2.24. The average Bonchev–Trinajstić information content (AvgIpc) is 2.82. The number of nitrogens with zero attached hydrogens (tertiary/aromatic N) is 1. The number of nitrogens with one attached hydrogen (secondary N) is 1. The molecule has 2 aromatic heterocycles. The maximum Gasteiger partial charge on any atom is 0.101 e. The Morgan fingerprint density at radius 1 is 1.39 bits per heavy atom. The van der Waals surface area contributed by atoms with Crippen molar-refractivity contribution in [1.82, 2.24) is 10.3 Å². The largest absolute Gasteiger partial charge is 0.469 e. The highest BCUT2D eigenvalue weighted by Crippen LogP contribution is 2.20. The van der Waals surface area contributed by atoms with Crippen LogP contribution in [0.2, 0.25) is 0 Å². The molecule has 2 heterocycles. The highest BCUT2D eigenvalue weighted by molar-refractivity contribution is 5.19. The van der Waals surface area contributed by atoms with Gasteiger partial charge in [-0.3, -0.25) is 4.98 Å². The number of hydrogen-bond donors (Lipinski definition) is 1. The molecule has 0 saturated carbocycles. The molecule has 1 atom stereocenters. The predicted octanol–water partition coefficient (Wildman–Crippen LogP) is 3.27. The second-order valence-corrected chi connectivity index (χ2v) is 4.52. The third-order valence-corrected chi connectivity index (χ3v) is 2.93. The predicted molar refractivity (Wildman–Crippen MR) is 72.4 cm³/mol. The first-order chi connectivity index (χ1) is 8.79. The van der Waals surface area contributed by atoms with E-state index in [2.05, 4.69) is 29.4 Å². The van der Waals surface area contributed by atoms with Gasteiger partial charge in [-0.2, -0.15) is 0 Å². The molecule has 0 aliphatic carbocycles. The molecule has 96 valence electrons. The quantitative estimate of drug-likeness (QED) is 0.847. The van der Waals surface area contributed by atoms with Gasteiger partial charge >= 0.3 is 0 Å². The lowest BCUT2D eigenvalue weighted by molar-refractivity contribution is 0.501. The summed E-state index contributed by atoms with van der Waals surface area (Å²) in [6, 6.07) is 8.40. The first-order valence-corrected chi connectivity index (χ1v) is 6.48. The van der Waals surface area contributed by atoms with E-state index in [9.17, 15) is 0 Å². The molecular formula is C15H20N2O. The van der Waals surface area contributed by atoms with Crippen molar-refractivity contribution in [2.75, 3.05) is 6.54 Å². The second kappa shape index (κ2) is 6.36. The first-order valence-electron chi connectivity index (χ1n) is 6.48. The third-order valence-electron chi connectivity index (χ3n) is 2.93. The number of rotatable bonds is 6. The Balaban J connectivity index is 2.10. The third kappa shape index (κ3) is 3.44. The van der Waals surface area contributed by atoms with Crippen LogP contribution >= 0.6 is 0 Å². The molecule has 1 unspecified atom stereocenters. The number of aromatic nitrogens is 1. The summed E-state index contributed by atoms with van der Waals surface area (Å²) in [7, 11) is 0. The van der Waals surface area contributed by atoms with E-state index >= 15 is 0 Å². The lowest BCUT2D eigenvalue weighted by atomic mass is 10.0. The Bertz CT molecular complexity index is 464. The van der Waals surface area contributed by atoms with E-state index < -0.39 is 0 Å². The minimum Gasteiger partial charge on any atom is -0.469 e. The minimum absolute atomic E-state index is 0.275. The summed E-state index contributed by atoms with van der Waals surface area (Å²) >= 11 is 0. The second-order valence-electron chi connectivity index (χ2n) is 4.52. The van der Waals surface area contributed by atoms with Crippen LogP contribution in [0, 0.1) is 6.92 Å². The van der Waals surface area contributed by atoms with Crippen LogP contribution in [0.1, 0.15) is 36.4 Å². The van der Waals surface area contributed by atoms with Gasteiger partial charge in [0, 0.05) is 29.9 Å². The molecule has 0 aromatic carbocycles. The van der Waals surface area contributed by atoms with E-state index in [1.165, 1.54) is 5.56 Å². The van der Waals surface area contributed by atoms with Crippen molar-refractivity contribution in [1.29, 1.82) is 0 Å². The van der Waals surface area contributed by atoms with E-state index in [4.69, 9.17) is 4.42 Å². The Hall–Kier alpha value is -1.61. The molecule has 0 aliphatic heterocycles. The van der Waals surface area contributed by atoms with Crippen LogP contribution in [0.4, 0.5) is 0 Å². The van der Waals surface area contributed by atoms with Gasteiger partial charge in [0.25, 0.3) is 0 Å². The molecule has 0 amide bonds. The van der Waals surface area contributed by atoms with Crippen molar-refractivity contribution in [3.05, 3.63) is 53.7 Å². The molecule has 0 fully saturated rings. The van der Waals surface area contributed by atoms with Gasteiger partial charge in [0.15, 0.2) is 0 Å². The molecular weight excluding hydrogens is 224 g/mol. The summed E-state index contributed by atoms with van der Waals surface area (Å²) in [5.41, 5.74) is 2.30. The Kier molecular flexibility index (Phi) is 4.53. The van der Waals surface area contributed by atoms with Gasteiger partial charge < -0.3 is 9.73 Å².